The number of methoxy groups -OCH3 is 2. The van der Waals surface area contributed by atoms with Gasteiger partial charge in [0.15, 0.2) is 5.78 Å². The van der Waals surface area contributed by atoms with Crippen molar-refractivity contribution in [2.24, 2.45) is 0 Å². The Morgan fingerprint density at radius 1 is 0.756 bits per heavy atom. The van der Waals surface area contributed by atoms with Crippen molar-refractivity contribution < 1.29 is 28.2 Å². The molecular formula is C33H27FN2O5. The van der Waals surface area contributed by atoms with E-state index in [1.165, 1.54) is 38.5 Å². The molecule has 0 radical (unpaired) electrons. The summed E-state index contributed by atoms with van der Waals surface area (Å²) in [4.78, 5) is 38.9. The maximum atomic E-state index is 13.8. The van der Waals surface area contributed by atoms with Crippen molar-refractivity contribution in [1.29, 1.82) is 0 Å². The van der Waals surface area contributed by atoms with Crippen molar-refractivity contribution in [3.05, 3.63) is 137 Å². The Hall–Kier alpha value is -5.50. The maximum absolute atomic E-state index is 13.8. The fraction of sp³-hybridized carbons (Fsp3) is 0.0606. The molecule has 7 nitrogen and oxygen atoms in total. The van der Waals surface area contributed by atoms with Gasteiger partial charge in [0.25, 0.3) is 11.8 Å². The van der Waals surface area contributed by atoms with Crippen LogP contribution in [0.3, 0.4) is 0 Å². The van der Waals surface area contributed by atoms with Gasteiger partial charge in [0.05, 0.1) is 14.2 Å². The second kappa shape index (κ2) is 13.5. The summed E-state index contributed by atoms with van der Waals surface area (Å²) < 4.78 is 24.5. The summed E-state index contributed by atoms with van der Waals surface area (Å²) in [6.45, 7) is 0. The molecule has 0 spiro atoms. The third kappa shape index (κ3) is 7.54. The van der Waals surface area contributed by atoms with E-state index >= 15 is 0 Å². The van der Waals surface area contributed by atoms with Gasteiger partial charge in [-0.15, -0.1) is 0 Å². The van der Waals surface area contributed by atoms with Gasteiger partial charge in [-0.3, -0.25) is 14.4 Å². The zero-order valence-corrected chi connectivity index (χ0v) is 22.4. The Morgan fingerprint density at radius 3 is 2.15 bits per heavy atom. The molecule has 41 heavy (non-hydrogen) atoms. The van der Waals surface area contributed by atoms with Crippen LogP contribution in [0.5, 0.6) is 11.5 Å². The van der Waals surface area contributed by atoms with Crippen LogP contribution in [-0.2, 0) is 4.79 Å². The van der Waals surface area contributed by atoms with Crippen LogP contribution in [0, 0.1) is 5.82 Å². The number of rotatable bonds is 10. The van der Waals surface area contributed by atoms with Gasteiger partial charge >= 0.3 is 0 Å². The van der Waals surface area contributed by atoms with Crippen LogP contribution < -0.4 is 20.1 Å². The number of carbonyl (C=O) groups excluding carboxylic acids is 3. The predicted molar refractivity (Wildman–Crippen MR) is 156 cm³/mol. The first-order valence-electron chi connectivity index (χ1n) is 12.6. The van der Waals surface area contributed by atoms with E-state index in [9.17, 15) is 18.8 Å². The first kappa shape index (κ1) is 28.5. The van der Waals surface area contributed by atoms with E-state index in [0.717, 1.165) is 0 Å². The van der Waals surface area contributed by atoms with E-state index in [1.807, 2.05) is 0 Å². The fourth-order valence-electron chi connectivity index (χ4n) is 3.84. The molecule has 2 N–H and O–H groups in total. The monoisotopic (exact) mass is 550 g/mol. The van der Waals surface area contributed by atoms with Crippen LogP contribution >= 0.6 is 0 Å². The number of carbonyl (C=O) groups is 3. The Balaban J connectivity index is 1.56. The maximum Gasteiger partial charge on any atom is 0.272 e. The summed E-state index contributed by atoms with van der Waals surface area (Å²) in [5, 5.41) is 5.42. The summed E-state index contributed by atoms with van der Waals surface area (Å²) in [7, 11) is 3.01. The van der Waals surface area contributed by atoms with Crippen LogP contribution in [0.1, 0.15) is 31.8 Å². The molecule has 0 aliphatic carbocycles. The minimum Gasteiger partial charge on any atom is -0.497 e. The van der Waals surface area contributed by atoms with Crippen LogP contribution in [0.2, 0.25) is 0 Å². The molecule has 8 heteroatoms. The lowest BCUT2D eigenvalue weighted by atomic mass is 10.1. The number of hydrogen-bond acceptors (Lipinski definition) is 5. The van der Waals surface area contributed by atoms with E-state index in [1.54, 1.807) is 91.0 Å². The average Bonchev–Trinajstić information content (AvgIpc) is 3.00. The molecule has 0 saturated heterocycles. The second-order valence-electron chi connectivity index (χ2n) is 8.74. The highest BCUT2D eigenvalue weighted by Gasteiger charge is 2.17. The standard InChI is InChI=1S/C33H27FN2O5/c1-40-27-17-19-31(41-2)25(20-27)21-29(36-32(38)24-9-4-3-5-10-24)33(39)35-26-15-12-23(13-16-26)30(37)18-14-22-8-6-7-11-28(22)34/h3-21H,1-2H3,(H,35,39)(H,36,38)/b18-14+,29-21-. The third-order valence-corrected chi connectivity index (χ3v) is 6.01. The average molecular weight is 551 g/mol. The van der Waals surface area contributed by atoms with Gasteiger partial charge < -0.3 is 20.1 Å². The summed E-state index contributed by atoms with van der Waals surface area (Å²) in [6.07, 6.45) is 4.18. The van der Waals surface area contributed by atoms with Crippen LogP contribution in [0.25, 0.3) is 12.2 Å². The zero-order valence-electron chi connectivity index (χ0n) is 22.4. The summed E-state index contributed by atoms with van der Waals surface area (Å²) in [5.41, 5.74) is 1.88. The number of nitrogens with one attached hydrogen (secondary N) is 2. The molecule has 0 bridgehead atoms. The lowest BCUT2D eigenvalue weighted by Crippen LogP contribution is -2.30. The van der Waals surface area contributed by atoms with Gasteiger partial charge in [-0.2, -0.15) is 0 Å². The highest BCUT2D eigenvalue weighted by atomic mass is 19.1. The van der Waals surface area contributed by atoms with Gasteiger partial charge in [-0.05, 0) is 78.9 Å². The zero-order chi connectivity index (χ0) is 29.2. The Morgan fingerprint density at radius 2 is 1.46 bits per heavy atom. The summed E-state index contributed by atoms with van der Waals surface area (Å²) in [6, 6.07) is 25.9. The fourth-order valence-corrected chi connectivity index (χ4v) is 3.84. The molecule has 0 aliphatic rings. The molecule has 0 saturated carbocycles. The van der Waals surface area contributed by atoms with Crippen molar-refractivity contribution in [1.82, 2.24) is 5.32 Å². The predicted octanol–water partition coefficient (Wildman–Crippen LogP) is 6.15. The molecule has 2 amide bonds. The lowest BCUT2D eigenvalue weighted by molar-refractivity contribution is -0.113. The first-order valence-corrected chi connectivity index (χ1v) is 12.6. The first-order chi connectivity index (χ1) is 19.9. The quantitative estimate of drug-likeness (QED) is 0.183. The number of ketones is 1. The Kier molecular flexibility index (Phi) is 9.41. The molecule has 0 aromatic heterocycles. The molecule has 0 aliphatic heterocycles. The normalized spacial score (nSPS) is 11.1. The highest BCUT2D eigenvalue weighted by molar-refractivity contribution is 6.11. The molecule has 0 fully saturated rings. The molecule has 0 atom stereocenters. The minimum absolute atomic E-state index is 0.0432. The lowest BCUT2D eigenvalue weighted by Gasteiger charge is -2.13. The molecule has 0 heterocycles. The molecule has 4 aromatic rings. The Bertz CT molecular complexity index is 1610. The molecule has 206 valence electrons. The highest BCUT2D eigenvalue weighted by Crippen LogP contribution is 2.26. The van der Waals surface area contributed by atoms with Crippen LogP contribution in [0.15, 0.2) is 109 Å². The van der Waals surface area contributed by atoms with Gasteiger partial charge in [-0.1, -0.05) is 36.4 Å². The summed E-state index contributed by atoms with van der Waals surface area (Å²) in [5.74, 6) is -0.822. The second-order valence-corrected chi connectivity index (χ2v) is 8.74. The van der Waals surface area contributed by atoms with E-state index in [0.29, 0.717) is 39.4 Å². The van der Waals surface area contributed by atoms with E-state index < -0.39 is 17.6 Å². The number of halogens is 1. The van der Waals surface area contributed by atoms with Gasteiger partial charge in [0.2, 0.25) is 0 Å². The topological polar surface area (TPSA) is 93.7 Å². The van der Waals surface area contributed by atoms with Crippen molar-refractivity contribution in [2.45, 2.75) is 0 Å². The van der Waals surface area contributed by atoms with Crippen LogP contribution in [-0.4, -0.2) is 31.8 Å². The number of benzene rings is 4. The van der Waals surface area contributed by atoms with Crippen molar-refractivity contribution in [3.63, 3.8) is 0 Å². The van der Waals surface area contributed by atoms with Crippen molar-refractivity contribution in [2.75, 3.05) is 19.5 Å². The molecule has 0 unspecified atom stereocenters. The largest absolute Gasteiger partial charge is 0.497 e. The van der Waals surface area contributed by atoms with Gasteiger partial charge in [0, 0.05) is 27.9 Å². The molecular weight excluding hydrogens is 523 g/mol. The van der Waals surface area contributed by atoms with Crippen molar-refractivity contribution in [3.8, 4) is 11.5 Å². The van der Waals surface area contributed by atoms with Crippen LogP contribution in [0.4, 0.5) is 10.1 Å². The Labute approximate surface area is 236 Å². The van der Waals surface area contributed by atoms with E-state index in [2.05, 4.69) is 10.6 Å². The SMILES string of the molecule is COc1ccc(OC)c(/C=C(\NC(=O)c2ccccc2)C(=O)Nc2ccc(C(=O)/C=C/c3ccccc3F)cc2)c1. The molecule has 4 rings (SSSR count). The van der Waals surface area contributed by atoms with E-state index in [4.69, 9.17) is 9.47 Å². The van der Waals surface area contributed by atoms with Gasteiger partial charge in [0.1, 0.15) is 23.0 Å². The van der Waals surface area contributed by atoms with Crippen molar-refractivity contribution >= 4 is 35.4 Å². The smallest absolute Gasteiger partial charge is 0.272 e. The third-order valence-electron chi connectivity index (χ3n) is 6.01. The number of allylic oxidation sites excluding steroid dienone is 1. The van der Waals surface area contributed by atoms with Gasteiger partial charge in [-0.25, -0.2) is 4.39 Å². The summed E-state index contributed by atoms with van der Waals surface area (Å²) >= 11 is 0. The molecule has 4 aromatic carbocycles. The number of anilines is 1. The number of amides is 2. The number of hydrogen-bond donors (Lipinski definition) is 2. The number of ether oxygens (including phenoxy) is 2. The van der Waals surface area contributed by atoms with E-state index in [-0.39, 0.29) is 11.5 Å². The minimum atomic E-state index is -0.599.